The first kappa shape index (κ1) is 21.5. The van der Waals surface area contributed by atoms with Crippen LogP contribution in [0.3, 0.4) is 0 Å². The first-order valence-electron chi connectivity index (χ1n) is 9.33. The third-order valence-corrected chi connectivity index (χ3v) is 4.82. The molecule has 0 aliphatic carbocycles. The van der Waals surface area contributed by atoms with E-state index in [2.05, 4.69) is 70.7 Å². The number of nitrogens with one attached hydrogen (secondary N) is 2. The molecule has 1 atom stereocenters. The second kappa shape index (κ2) is 9.96. The van der Waals surface area contributed by atoms with E-state index in [-0.39, 0.29) is 24.0 Å². The smallest absolute Gasteiger partial charge is 0.191 e. The fraction of sp³-hybridized carbons (Fsp3) is 0.500. The predicted octanol–water partition coefficient (Wildman–Crippen LogP) is 3.53. The lowest BCUT2D eigenvalue weighted by molar-refractivity contribution is 0.372. The lowest BCUT2D eigenvalue weighted by atomic mass is 10.1. The molecule has 0 bridgehead atoms. The number of nitrogens with zero attached hydrogens (tertiary/aromatic N) is 3. The minimum Gasteiger partial charge on any atom is -0.367 e. The molecule has 1 aliphatic heterocycles. The largest absolute Gasteiger partial charge is 0.367 e. The molecule has 148 valence electrons. The lowest BCUT2D eigenvalue weighted by Crippen LogP contribution is -2.42. The molecule has 2 heterocycles. The van der Waals surface area contributed by atoms with Crippen LogP contribution in [0, 0.1) is 0 Å². The number of aliphatic imine (C=N–C) groups is 1. The Morgan fingerprint density at radius 3 is 2.81 bits per heavy atom. The molecule has 3 rings (SSSR count). The van der Waals surface area contributed by atoms with Crippen molar-refractivity contribution in [2.45, 2.75) is 45.7 Å². The van der Waals surface area contributed by atoms with Crippen LogP contribution in [0.1, 0.15) is 43.7 Å². The Hall–Kier alpha value is -1.77. The summed E-state index contributed by atoms with van der Waals surface area (Å²) in [7, 11) is 1.78. The molecule has 2 N–H and O–H groups in total. The van der Waals surface area contributed by atoms with Gasteiger partial charge in [-0.3, -0.25) is 4.99 Å². The highest BCUT2D eigenvalue weighted by Crippen LogP contribution is 2.31. The van der Waals surface area contributed by atoms with Crippen molar-refractivity contribution < 1.29 is 4.52 Å². The van der Waals surface area contributed by atoms with Crippen LogP contribution in [0.25, 0.3) is 0 Å². The molecule has 1 aromatic heterocycles. The van der Waals surface area contributed by atoms with Crippen LogP contribution in [0.5, 0.6) is 0 Å². The SMILES string of the molecule is CN=C(NCCN1c2ccccc2CC1C)NCc1cc(C(C)C)no1.I. The first-order chi connectivity index (χ1) is 12.6. The summed E-state index contributed by atoms with van der Waals surface area (Å²) in [5.41, 5.74) is 3.77. The second-order valence-electron chi connectivity index (χ2n) is 7.10. The van der Waals surface area contributed by atoms with Gasteiger partial charge in [-0.15, -0.1) is 24.0 Å². The standard InChI is InChI=1S/C20H29N5O.HI/c1-14(2)18-12-17(26-24-18)13-23-20(21-4)22-9-10-25-15(3)11-16-7-5-6-8-19(16)25;/h5-8,12,14-15H,9-11,13H2,1-4H3,(H2,21,22,23);1H. The van der Waals surface area contributed by atoms with Gasteiger partial charge in [0.05, 0.1) is 12.2 Å². The summed E-state index contributed by atoms with van der Waals surface area (Å²) in [6, 6.07) is 11.2. The topological polar surface area (TPSA) is 65.7 Å². The van der Waals surface area contributed by atoms with Crippen LogP contribution in [-0.2, 0) is 13.0 Å². The Bertz CT molecular complexity index is 758. The van der Waals surface area contributed by atoms with E-state index in [0.29, 0.717) is 18.5 Å². The van der Waals surface area contributed by atoms with E-state index in [9.17, 15) is 0 Å². The average Bonchev–Trinajstić information content (AvgIpc) is 3.22. The summed E-state index contributed by atoms with van der Waals surface area (Å²) >= 11 is 0. The highest BCUT2D eigenvalue weighted by atomic mass is 127. The molecule has 1 unspecified atom stereocenters. The van der Waals surface area contributed by atoms with Crippen LogP contribution in [-0.4, -0.2) is 37.3 Å². The van der Waals surface area contributed by atoms with Crippen LogP contribution in [0.15, 0.2) is 39.8 Å². The van der Waals surface area contributed by atoms with E-state index in [4.69, 9.17) is 4.52 Å². The van der Waals surface area contributed by atoms with Crippen molar-refractivity contribution in [3.63, 3.8) is 0 Å². The van der Waals surface area contributed by atoms with Crippen molar-refractivity contribution in [1.29, 1.82) is 0 Å². The number of hydrogen-bond acceptors (Lipinski definition) is 4. The summed E-state index contributed by atoms with van der Waals surface area (Å²) in [5, 5.41) is 10.7. The number of guanidine groups is 1. The minimum absolute atomic E-state index is 0. The molecule has 7 heteroatoms. The zero-order valence-corrected chi connectivity index (χ0v) is 18.9. The van der Waals surface area contributed by atoms with Crippen molar-refractivity contribution in [3.8, 4) is 0 Å². The van der Waals surface area contributed by atoms with E-state index in [1.165, 1.54) is 11.3 Å². The normalized spacial score (nSPS) is 16.3. The molecule has 0 amide bonds. The quantitative estimate of drug-likeness (QED) is 0.374. The zero-order chi connectivity index (χ0) is 18.5. The Kier molecular flexibility index (Phi) is 7.94. The van der Waals surface area contributed by atoms with E-state index >= 15 is 0 Å². The average molecular weight is 483 g/mol. The number of rotatable bonds is 6. The van der Waals surface area contributed by atoms with Crippen LogP contribution in [0.4, 0.5) is 5.69 Å². The number of halogens is 1. The molecular formula is C20H30IN5O. The summed E-state index contributed by atoms with van der Waals surface area (Å²) in [5.74, 6) is 1.96. The molecule has 0 saturated heterocycles. The summed E-state index contributed by atoms with van der Waals surface area (Å²) in [4.78, 5) is 6.75. The molecule has 0 radical (unpaired) electrons. The van der Waals surface area contributed by atoms with E-state index in [1.807, 2.05) is 6.07 Å². The fourth-order valence-corrected chi connectivity index (χ4v) is 3.34. The molecule has 0 fully saturated rings. The maximum Gasteiger partial charge on any atom is 0.191 e. The van der Waals surface area contributed by atoms with Crippen LogP contribution < -0.4 is 15.5 Å². The molecular weight excluding hydrogens is 453 g/mol. The Labute approximate surface area is 178 Å². The van der Waals surface area contributed by atoms with E-state index in [0.717, 1.165) is 36.9 Å². The number of aromatic nitrogens is 1. The lowest BCUT2D eigenvalue weighted by Gasteiger charge is -2.25. The van der Waals surface area contributed by atoms with Gasteiger partial charge in [-0.05, 0) is 30.9 Å². The van der Waals surface area contributed by atoms with Gasteiger partial charge in [-0.25, -0.2) is 0 Å². The maximum absolute atomic E-state index is 5.36. The van der Waals surface area contributed by atoms with Gasteiger partial charge >= 0.3 is 0 Å². The summed E-state index contributed by atoms with van der Waals surface area (Å²) < 4.78 is 5.36. The van der Waals surface area contributed by atoms with Gasteiger partial charge in [0, 0.05) is 37.9 Å². The number of fused-ring (bicyclic) bond motifs is 1. The molecule has 1 aliphatic rings. The van der Waals surface area contributed by atoms with Crippen molar-refractivity contribution in [1.82, 2.24) is 15.8 Å². The minimum atomic E-state index is 0. The van der Waals surface area contributed by atoms with Gasteiger partial charge in [0.2, 0.25) is 0 Å². The Morgan fingerprint density at radius 1 is 1.33 bits per heavy atom. The van der Waals surface area contributed by atoms with E-state index in [1.54, 1.807) is 7.05 Å². The van der Waals surface area contributed by atoms with E-state index < -0.39 is 0 Å². The second-order valence-corrected chi connectivity index (χ2v) is 7.10. The van der Waals surface area contributed by atoms with Crippen molar-refractivity contribution in [2.24, 2.45) is 4.99 Å². The number of anilines is 1. The highest BCUT2D eigenvalue weighted by molar-refractivity contribution is 14.0. The number of benzene rings is 1. The molecule has 1 aromatic carbocycles. The number of para-hydroxylation sites is 1. The molecule has 0 saturated carbocycles. The molecule has 6 nitrogen and oxygen atoms in total. The molecule has 0 spiro atoms. The monoisotopic (exact) mass is 483 g/mol. The van der Waals surface area contributed by atoms with Gasteiger partial charge in [0.25, 0.3) is 0 Å². The molecule has 2 aromatic rings. The zero-order valence-electron chi connectivity index (χ0n) is 16.5. The Balaban J connectivity index is 0.00000261. The van der Waals surface area contributed by atoms with Crippen molar-refractivity contribution >= 4 is 35.6 Å². The maximum atomic E-state index is 5.36. The first-order valence-corrected chi connectivity index (χ1v) is 9.33. The van der Waals surface area contributed by atoms with Gasteiger partial charge < -0.3 is 20.1 Å². The third kappa shape index (κ3) is 5.37. The highest BCUT2D eigenvalue weighted by Gasteiger charge is 2.24. The van der Waals surface area contributed by atoms with Crippen molar-refractivity contribution in [3.05, 3.63) is 47.3 Å². The van der Waals surface area contributed by atoms with Gasteiger partial charge in [-0.1, -0.05) is 37.2 Å². The third-order valence-electron chi connectivity index (χ3n) is 4.82. The van der Waals surface area contributed by atoms with Crippen LogP contribution in [0.2, 0.25) is 0 Å². The predicted molar refractivity (Wildman–Crippen MR) is 121 cm³/mol. The van der Waals surface area contributed by atoms with Crippen molar-refractivity contribution in [2.75, 3.05) is 25.0 Å². The van der Waals surface area contributed by atoms with Gasteiger partial charge in [0.15, 0.2) is 11.7 Å². The van der Waals surface area contributed by atoms with Gasteiger partial charge in [-0.2, -0.15) is 0 Å². The summed E-state index contributed by atoms with van der Waals surface area (Å²) in [6.45, 7) is 8.83. The molecule has 27 heavy (non-hydrogen) atoms. The number of hydrogen-bond donors (Lipinski definition) is 2. The fourth-order valence-electron chi connectivity index (χ4n) is 3.34. The van der Waals surface area contributed by atoms with Crippen LogP contribution >= 0.6 is 24.0 Å². The summed E-state index contributed by atoms with van der Waals surface area (Å²) in [6.07, 6.45) is 1.12. The Morgan fingerprint density at radius 2 is 2.11 bits per heavy atom. The van der Waals surface area contributed by atoms with Gasteiger partial charge in [0.1, 0.15) is 0 Å².